The van der Waals surface area contributed by atoms with Crippen LogP contribution >= 0.6 is 39.3 Å². The van der Waals surface area contributed by atoms with Crippen LogP contribution in [-0.4, -0.2) is 23.5 Å². The molecule has 104 valence electrons. The quantitative estimate of drug-likeness (QED) is 0.857. The highest BCUT2D eigenvalue weighted by molar-refractivity contribution is 9.10. The first-order chi connectivity index (χ1) is 9.10. The molecule has 5 heteroatoms. The fraction of sp³-hybridized carbons (Fsp3) is 0.500. The molecular weight excluding hydrogens is 346 g/mol. The van der Waals surface area contributed by atoms with Crippen molar-refractivity contribution in [2.45, 2.75) is 37.0 Å². The predicted octanol–water partition coefficient (Wildman–Crippen LogP) is 4.51. The Balaban J connectivity index is 1.98. The van der Waals surface area contributed by atoms with Crippen LogP contribution < -0.4 is 5.32 Å². The first kappa shape index (κ1) is 15.2. The first-order valence-corrected chi connectivity index (χ1v) is 8.84. The van der Waals surface area contributed by atoms with Gasteiger partial charge in [0.1, 0.15) is 0 Å². The minimum absolute atomic E-state index is 0.0267. The van der Waals surface area contributed by atoms with Gasteiger partial charge in [-0.15, -0.1) is 0 Å². The van der Waals surface area contributed by atoms with Crippen molar-refractivity contribution >= 4 is 45.2 Å². The van der Waals surface area contributed by atoms with Crippen LogP contribution in [0, 0.1) is 0 Å². The van der Waals surface area contributed by atoms with E-state index in [0.717, 1.165) is 17.3 Å². The van der Waals surface area contributed by atoms with Gasteiger partial charge in [0, 0.05) is 21.3 Å². The lowest BCUT2D eigenvalue weighted by atomic mass is 9.94. The van der Waals surface area contributed by atoms with E-state index in [1.54, 1.807) is 12.1 Å². The normalized spacial score (nSPS) is 23.1. The molecule has 0 saturated heterocycles. The molecule has 1 aliphatic rings. The third-order valence-corrected chi connectivity index (χ3v) is 5.80. The number of thioether (sulfide) groups is 1. The van der Waals surface area contributed by atoms with Crippen LogP contribution in [-0.2, 0) is 0 Å². The van der Waals surface area contributed by atoms with Crippen molar-refractivity contribution in [2.24, 2.45) is 0 Å². The van der Waals surface area contributed by atoms with Crippen LogP contribution in [0.1, 0.15) is 36.0 Å². The summed E-state index contributed by atoms with van der Waals surface area (Å²) < 4.78 is 0.811. The average molecular weight is 363 g/mol. The fourth-order valence-electron chi connectivity index (χ4n) is 2.40. The Kier molecular flexibility index (Phi) is 5.60. The summed E-state index contributed by atoms with van der Waals surface area (Å²) in [6.45, 7) is 0. The predicted molar refractivity (Wildman–Crippen MR) is 86.2 cm³/mol. The molecule has 0 aromatic heterocycles. The number of hydrogen-bond donors (Lipinski definition) is 1. The molecule has 0 spiro atoms. The van der Waals surface area contributed by atoms with Gasteiger partial charge in [-0.1, -0.05) is 18.0 Å². The van der Waals surface area contributed by atoms with Crippen LogP contribution in [0.3, 0.4) is 0 Å². The molecule has 0 bridgehead atoms. The number of benzene rings is 1. The molecule has 1 aliphatic carbocycles. The molecule has 2 unspecified atom stereocenters. The molecule has 0 aliphatic heterocycles. The molecule has 1 aromatic rings. The van der Waals surface area contributed by atoms with Gasteiger partial charge in [0.15, 0.2) is 0 Å². The van der Waals surface area contributed by atoms with Crippen LogP contribution in [0.15, 0.2) is 22.7 Å². The van der Waals surface area contributed by atoms with Crippen molar-refractivity contribution in [1.82, 2.24) is 5.32 Å². The Morgan fingerprint density at radius 2 is 2.26 bits per heavy atom. The summed E-state index contributed by atoms with van der Waals surface area (Å²) in [6.07, 6.45) is 6.74. The minimum Gasteiger partial charge on any atom is -0.349 e. The van der Waals surface area contributed by atoms with E-state index in [2.05, 4.69) is 27.5 Å². The highest BCUT2D eigenvalue weighted by atomic mass is 79.9. The van der Waals surface area contributed by atoms with Crippen molar-refractivity contribution in [2.75, 3.05) is 6.26 Å². The Bertz CT molecular complexity index is 469. The fourth-order valence-corrected chi connectivity index (χ4v) is 3.65. The Labute approximate surface area is 131 Å². The molecule has 1 amide bonds. The number of halogens is 2. The number of carbonyl (C=O) groups is 1. The molecule has 2 rings (SSSR count). The zero-order chi connectivity index (χ0) is 13.8. The molecule has 19 heavy (non-hydrogen) atoms. The lowest BCUT2D eigenvalue weighted by Gasteiger charge is -2.28. The second kappa shape index (κ2) is 7.00. The van der Waals surface area contributed by atoms with Gasteiger partial charge >= 0.3 is 0 Å². The van der Waals surface area contributed by atoms with E-state index in [1.807, 2.05) is 17.8 Å². The van der Waals surface area contributed by atoms with Crippen molar-refractivity contribution in [3.8, 4) is 0 Å². The van der Waals surface area contributed by atoms with Gasteiger partial charge < -0.3 is 5.32 Å². The number of carbonyl (C=O) groups excluding carboxylic acids is 1. The summed E-state index contributed by atoms with van der Waals surface area (Å²) in [5, 5.41) is 4.36. The monoisotopic (exact) mass is 361 g/mol. The van der Waals surface area contributed by atoms with Gasteiger partial charge in [-0.3, -0.25) is 4.79 Å². The maximum absolute atomic E-state index is 12.2. The van der Waals surface area contributed by atoms with Crippen LogP contribution in [0.25, 0.3) is 0 Å². The second-order valence-electron chi connectivity index (χ2n) is 4.82. The lowest BCUT2D eigenvalue weighted by molar-refractivity contribution is 0.0928. The van der Waals surface area contributed by atoms with Crippen molar-refractivity contribution in [1.29, 1.82) is 0 Å². The first-order valence-electron chi connectivity index (χ1n) is 6.39. The van der Waals surface area contributed by atoms with E-state index in [0.29, 0.717) is 21.9 Å². The summed E-state index contributed by atoms with van der Waals surface area (Å²) in [7, 11) is 0. The molecule has 1 fully saturated rings. The molecule has 1 N–H and O–H groups in total. The smallest absolute Gasteiger partial charge is 0.251 e. The van der Waals surface area contributed by atoms with Crippen molar-refractivity contribution < 1.29 is 4.79 Å². The van der Waals surface area contributed by atoms with E-state index in [9.17, 15) is 4.79 Å². The molecule has 0 heterocycles. The Hall–Kier alpha value is -0.190. The Morgan fingerprint density at radius 1 is 1.47 bits per heavy atom. The summed E-state index contributed by atoms with van der Waals surface area (Å²) in [5.74, 6) is -0.0267. The van der Waals surface area contributed by atoms with Gasteiger partial charge in [-0.2, -0.15) is 11.8 Å². The van der Waals surface area contributed by atoms with Crippen LogP contribution in [0.4, 0.5) is 0 Å². The van der Waals surface area contributed by atoms with Gasteiger partial charge in [-0.25, -0.2) is 0 Å². The van der Waals surface area contributed by atoms with E-state index in [4.69, 9.17) is 11.6 Å². The average Bonchev–Trinajstić information content (AvgIpc) is 2.42. The van der Waals surface area contributed by atoms with Gasteiger partial charge in [0.05, 0.1) is 5.02 Å². The summed E-state index contributed by atoms with van der Waals surface area (Å²) in [6, 6.07) is 5.60. The van der Waals surface area contributed by atoms with Crippen molar-refractivity contribution in [3.05, 3.63) is 33.3 Å². The number of hydrogen-bond acceptors (Lipinski definition) is 2. The summed E-state index contributed by atoms with van der Waals surface area (Å²) >= 11 is 11.2. The van der Waals surface area contributed by atoms with E-state index >= 15 is 0 Å². The third kappa shape index (κ3) is 4.14. The topological polar surface area (TPSA) is 29.1 Å². The number of nitrogens with one attached hydrogen (secondary N) is 1. The van der Waals surface area contributed by atoms with Gasteiger partial charge in [0.2, 0.25) is 0 Å². The molecule has 1 aromatic carbocycles. The summed E-state index contributed by atoms with van der Waals surface area (Å²) in [4.78, 5) is 12.2. The summed E-state index contributed by atoms with van der Waals surface area (Å²) in [5.41, 5.74) is 0.625. The molecule has 1 saturated carbocycles. The minimum atomic E-state index is -0.0267. The SMILES string of the molecule is CSC1CCCC(NC(=O)c2ccc(Br)c(Cl)c2)C1. The van der Waals surface area contributed by atoms with Gasteiger partial charge in [-0.05, 0) is 59.6 Å². The van der Waals surface area contributed by atoms with E-state index in [-0.39, 0.29) is 5.91 Å². The maximum atomic E-state index is 12.2. The molecule has 2 atom stereocenters. The van der Waals surface area contributed by atoms with E-state index in [1.165, 1.54) is 12.8 Å². The molecule has 2 nitrogen and oxygen atoms in total. The zero-order valence-electron chi connectivity index (χ0n) is 10.8. The molecular formula is C14H17BrClNOS. The lowest BCUT2D eigenvalue weighted by Crippen LogP contribution is -2.39. The van der Waals surface area contributed by atoms with Crippen LogP contribution in [0.2, 0.25) is 5.02 Å². The third-order valence-electron chi connectivity index (χ3n) is 3.48. The standard InChI is InChI=1S/C14H17BrClNOS/c1-19-11-4-2-3-10(8-11)17-14(18)9-5-6-12(15)13(16)7-9/h5-7,10-11H,2-4,8H2,1H3,(H,17,18). The number of rotatable bonds is 3. The highest BCUT2D eigenvalue weighted by Crippen LogP contribution is 2.27. The molecule has 0 radical (unpaired) electrons. The highest BCUT2D eigenvalue weighted by Gasteiger charge is 2.23. The van der Waals surface area contributed by atoms with Gasteiger partial charge in [0.25, 0.3) is 5.91 Å². The number of amides is 1. The largest absolute Gasteiger partial charge is 0.349 e. The van der Waals surface area contributed by atoms with Crippen molar-refractivity contribution in [3.63, 3.8) is 0 Å². The maximum Gasteiger partial charge on any atom is 0.251 e. The zero-order valence-corrected chi connectivity index (χ0v) is 13.9. The van der Waals surface area contributed by atoms with E-state index < -0.39 is 0 Å². The van der Waals surface area contributed by atoms with Crippen LogP contribution in [0.5, 0.6) is 0 Å². The Morgan fingerprint density at radius 3 is 2.95 bits per heavy atom. The second-order valence-corrected chi connectivity index (χ2v) is 7.22.